The third-order valence-electron chi connectivity index (χ3n) is 4.99. The molecule has 154 valence electrons. The van der Waals surface area contributed by atoms with Crippen LogP contribution in [-0.4, -0.2) is 15.0 Å². The van der Waals surface area contributed by atoms with E-state index in [0.29, 0.717) is 21.7 Å². The van der Waals surface area contributed by atoms with Crippen molar-refractivity contribution < 1.29 is 9.21 Å². The van der Waals surface area contributed by atoms with Crippen LogP contribution in [0.15, 0.2) is 87.0 Å². The maximum atomic E-state index is 13.4. The van der Waals surface area contributed by atoms with Crippen LogP contribution in [0.5, 0.6) is 0 Å². The minimum Gasteiger partial charge on any atom is -0.467 e. The van der Waals surface area contributed by atoms with Gasteiger partial charge in [0.05, 0.1) is 18.3 Å². The highest BCUT2D eigenvalue weighted by atomic mass is 32.1. The second kappa shape index (κ2) is 7.73. The second-order valence-electron chi connectivity index (χ2n) is 7.03. The van der Waals surface area contributed by atoms with Crippen molar-refractivity contribution in [2.45, 2.75) is 13.1 Å². The predicted molar refractivity (Wildman–Crippen MR) is 121 cm³/mol. The monoisotopic (exact) mass is 431 g/mol. The molecule has 1 N–H and O–H groups in total. The van der Waals surface area contributed by atoms with Crippen LogP contribution in [0.25, 0.3) is 20.3 Å². The number of nitrogens with zero attached hydrogens (tertiary/aromatic N) is 2. The highest BCUT2D eigenvalue weighted by Crippen LogP contribution is 2.30. The molecule has 5 rings (SSSR count). The minimum atomic E-state index is -0.555. The number of anilines is 1. The normalized spacial score (nSPS) is 11.2. The molecule has 0 aliphatic carbocycles. The van der Waals surface area contributed by atoms with Gasteiger partial charge in [0.25, 0.3) is 5.56 Å². The Morgan fingerprint density at radius 2 is 1.71 bits per heavy atom. The SMILES string of the molecule is O=C(Cn1c(=O)n(Cc2ccco2)c(=O)c2sc3ccccc3c21)Nc1ccccc1. The van der Waals surface area contributed by atoms with Crippen molar-refractivity contribution in [2.24, 2.45) is 0 Å². The third-order valence-corrected chi connectivity index (χ3v) is 6.14. The summed E-state index contributed by atoms with van der Waals surface area (Å²) in [7, 11) is 0. The number of aromatic nitrogens is 2. The first kappa shape index (κ1) is 19.1. The van der Waals surface area contributed by atoms with Crippen LogP contribution in [0.1, 0.15) is 5.76 Å². The van der Waals surface area contributed by atoms with E-state index in [-0.39, 0.29) is 19.0 Å². The molecule has 0 aliphatic rings. The number of para-hydroxylation sites is 1. The summed E-state index contributed by atoms with van der Waals surface area (Å²) in [5.41, 5.74) is 0.170. The number of nitrogens with one attached hydrogen (secondary N) is 1. The number of rotatable bonds is 5. The molecule has 2 aromatic carbocycles. The van der Waals surface area contributed by atoms with Gasteiger partial charge in [-0.25, -0.2) is 4.79 Å². The fraction of sp³-hybridized carbons (Fsp3) is 0.0870. The van der Waals surface area contributed by atoms with Crippen molar-refractivity contribution in [1.29, 1.82) is 0 Å². The zero-order valence-electron chi connectivity index (χ0n) is 16.3. The molecule has 0 fully saturated rings. The van der Waals surface area contributed by atoms with E-state index < -0.39 is 11.2 Å². The van der Waals surface area contributed by atoms with Gasteiger partial charge in [0.15, 0.2) is 0 Å². The average molecular weight is 431 g/mol. The summed E-state index contributed by atoms with van der Waals surface area (Å²) >= 11 is 1.31. The van der Waals surface area contributed by atoms with E-state index in [1.54, 1.807) is 24.3 Å². The van der Waals surface area contributed by atoms with E-state index >= 15 is 0 Å². The van der Waals surface area contributed by atoms with E-state index in [9.17, 15) is 14.4 Å². The Kier molecular flexibility index (Phi) is 4.76. The lowest BCUT2D eigenvalue weighted by molar-refractivity contribution is -0.116. The van der Waals surface area contributed by atoms with Gasteiger partial charge in [-0.1, -0.05) is 36.4 Å². The van der Waals surface area contributed by atoms with Gasteiger partial charge in [-0.15, -0.1) is 11.3 Å². The number of benzene rings is 2. The number of hydrogen-bond acceptors (Lipinski definition) is 5. The highest BCUT2D eigenvalue weighted by molar-refractivity contribution is 7.25. The topological polar surface area (TPSA) is 86.2 Å². The molecule has 0 saturated carbocycles. The molecule has 0 saturated heterocycles. The van der Waals surface area contributed by atoms with Crippen molar-refractivity contribution in [1.82, 2.24) is 9.13 Å². The van der Waals surface area contributed by atoms with Crippen LogP contribution >= 0.6 is 11.3 Å². The smallest absolute Gasteiger partial charge is 0.332 e. The fourth-order valence-corrected chi connectivity index (χ4v) is 4.76. The van der Waals surface area contributed by atoms with E-state index in [4.69, 9.17) is 4.42 Å². The lowest BCUT2D eigenvalue weighted by Gasteiger charge is -2.12. The molecule has 1 amide bonds. The van der Waals surface area contributed by atoms with Gasteiger partial charge in [0, 0.05) is 15.8 Å². The van der Waals surface area contributed by atoms with E-state index in [1.807, 2.05) is 42.5 Å². The van der Waals surface area contributed by atoms with E-state index in [0.717, 1.165) is 14.7 Å². The van der Waals surface area contributed by atoms with Gasteiger partial charge in [0.1, 0.15) is 17.0 Å². The minimum absolute atomic E-state index is 0.00481. The van der Waals surface area contributed by atoms with E-state index in [1.165, 1.54) is 22.2 Å². The standard InChI is InChI=1S/C23H17N3O4S/c27-19(24-15-7-2-1-3-8-15)14-25-20-17-10-4-5-11-18(17)31-21(20)22(28)26(23(25)29)13-16-9-6-12-30-16/h1-12H,13-14H2,(H,24,27). The molecule has 0 spiro atoms. The zero-order chi connectivity index (χ0) is 21.4. The molecular weight excluding hydrogens is 414 g/mol. The van der Waals surface area contributed by atoms with Crippen molar-refractivity contribution in [3.63, 3.8) is 0 Å². The quantitative estimate of drug-likeness (QED) is 0.460. The van der Waals surface area contributed by atoms with Crippen LogP contribution < -0.4 is 16.6 Å². The Hall–Kier alpha value is -3.91. The Labute approximate surface area is 179 Å². The number of thiophene rings is 1. The van der Waals surface area contributed by atoms with Crippen molar-refractivity contribution in [2.75, 3.05) is 5.32 Å². The van der Waals surface area contributed by atoms with Gasteiger partial charge < -0.3 is 9.73 Å². The first-order valence-electron chi connectivity index (χ1n) is 9.64. The molecule has 0 unspecified atom stereocenters. The number of hydrogen-bond donors (Lipinski definition) is 1. The van der Waals surface area contributed by atoms with E-state index in [2.05, 4.69) is 5.32 Å². The van der Waals surface area contributed by atoms with Crippen molar-refractivity contribution >= 4 is 43.2 Å². The zero-order valence-corrected chi connectivity index (χ0v) is 17.1. The predicted octanol–water partition coefficient (Wildman–Crippen LogP) is 3.66. The summed E-state index contributed by atoms with van der Waals surface area (Å²) in [6.07, 6.45) is 1.49. The average Bonchev–Trinajstić information content (AvgIpc) is 3.43. The fourth-order valence-electron chi connectivity index (χ4n) is 3.61. The van der Waals surface area contributed by atoms with Gasteiger partial charge in [-0.05, 0) is 30.3 Å². The first-order chi connectivity index (χ1) is 15.1. The lowest BCUT2D eigenvalue weighted by Crippen LogP contribution is -2.41. The summed E-state index contributed by atoms with van der Waals surface area (Å²) in [5, 5.41) is 3.57. The van der Waals surface area contributed by atoms with Crippen LogP contribution in [0, 0.1) is 0 Å². The number of amides is 1. The second-order valence-corrected chi connectivity index (χ2v) is 8.08. The summed E-state index contributed by atoms with van der Waals surface area (Å²) in [6, 6.07) is 19.9. The maximum absolute atomic E-state index is 13.4. The molecule has 31 heavy (non-hydrogen) atoms. The summed E-state index contributed by atoms with van der Waals surface area (Å²) < 4.78 is 9.13. The van der Waals surface area contributed by atoms with Crippen LogP contribution in [0.3, 0.4) is 0 Å². The molecule has 0 atom stereocenters. The number of carbonyl (C=O) groups is 1. The molecular formula is C23H17N3O4S. The first-order valence-corrected chi connectivity index (χ1v) is 10.5. The Bertz CT molecular complexity index is 1510. The maximum Gasteiger partial charge on any atom is 0.332 e. The highest BCUT2D eigenvalue weighted by Gasteiger charge is 2.20. The molecule has 5 aromatic rings. The van der Waals surface area contributed by atoms with Crippen molar-refractivity contribution in [3.05, 3.63) is 99.6 Å². The third kappa shape index (κ3) is 3.47. The molecule has 7 nitrogen and oxygen atoms in total. The number of fused-ring (bicyclic) bond motifs is 3. The molecule has 0 radical (unpaired) electrons. The van der Waals surface area contributed by atoms with Crippen molar-refractivity contribution in [3.8, 4) is 0 Å². The van der Waals surface area contributed by atoms with Crippen LogP contribution in [0.2, 0.25) is 0 Å². The molecule has 8 heteroatoms. The number of carbonyl (C=O) groups excluding carboxylic acids is 1. The van der Waals surface area contributed by atoms with Gasteiger partial charge in [-0.3, -0.25) is 18.7 Å². The molecule has 3 aromatic heterocycles. The Morgan fingerprint density at radius 1 is 0.935 bits per heavy atom. The van der Waals surface area contributed by atoms with Crippen LogP contribution in [0.4, 0.5) is 5.69 Å². The molecule has 0 aliphatic heterocycles. The Morgan fingerprint density at radius 3 is 2.48 bits per heavy atom. The van der Waals surface area contributed by atoms with Crippen LogP contribution in [-0.2, 0) is 17.9 Å². The summed E-state index contributed by atoms with van der Waals surface area (Å²) in [6.45, 7) is -0.224. The van der Waals surface area contributed by atoms with Gasteiger partial charge >= 0.3 is 5.69 Å². The molecule has 0 bridgehead atoms. The Balaban J connectivity index is 1.68. The summed E-state index contributed by atoms with van der Waals surface area (Å²) in [4.78, 5) is 39.3. The lowest BCUT2D eigenvalue weighted by atomic mass is 10.2. The largest absolute Gasteiger partial charge is 0.467 e. The van der Waals surface area contributed by atoms with Gasteiger partial charge in [0.2, 0.25) is 5.91 Å². The van der Waals surface area contributed by atoms with Gasteiger partial charge in [-0.2, -0.15) is 0 Å². The number of furan rings is 1. The molecule has 3 heterocycles. The summed E-state index contributed by atoms with van der Waals surface area (Å²) in [5.74, 6) is 0.132.